The van der Waals surface area contributed by atoms with Crippen LogP contribution < -0.4 is 0 Å². The molecule has 0 heterocycles. The third-order valence-electron chi connectivity index (χ3n) is 7.34. The molecule has 0 saturated heterocycles. The van der Waals surface area contributed by atoms with Gasteiger partial charge in [-0.05, 0) is 74.5 Å². The molecule has 0 amide bonds. The summed E-state index contributed by atoms with van der Waals surface area (Å²) in [5.41, 5.74) is 2.26. The quantitative estimate of drug-likeness (QED) is 0.567. The highest BCUT2D eigenvalue weighted by atomic mass is 16.3. The number of hydrogen-bond donors (Lipinski definition) is 1. The van der Waals surface area contributed by atoms with E-state index >= 15 is 0 Å². The van der Waals surface area contributed by atoms with Crippen LogP contribution in [0.3, 0.4) is 0 Å². The Labute approximate surface area is 136 Å². The Morgan fingerprint density at radius 3 is 2.73 bits per heavy atom. The molecule has 0 aromatic rings. The van der Waals surface area contributed by atoms with Crippen molar-refractivity contribution in [1.82, 2.24) is 0 Å². The number of rotatable bonds is 6. The molecule has 22 heavy (non-hydrogen) atoms. The van der Waals surface area contributed by atoms with Gasteiger partial charge in [-0.1, -0.05) is 32.4 Å². The van der Waals surface area contributed by atoms with Crippen LogP contribution in [0.25, 0.3) is 0 Å². The summed E-state index contributed by atoms with van der Waals surface area (Å²) < 4.78 is 0. The molecule has 0 bridgehead atoms. The van der Waals surface area contributed by atoms with Crippen molar-refractivity contribution in [2.75, 3.05) is 6.61 Å². The van der Waals surface area contributed by atoms with Crippen molar-refractivity contribution in [3.8, 4) is 0 Å². The molecule has 0 aromatic heterocycles. The van der Waals surface area contributed by atoms with Crippen molar-refractivity contribution in [3.05, 3.63) is 11.6 Å². The molecular formula is C20H34O2. The molecule has 2 heteroatoms. The van der Waals surface area contributed by atoms with Crippen molar-refractivity contribution in [2.45, 2.75) is 72.6 Å². The molecule has 1 fully saturated rings. The van der Waals surface area contributed by atoms with Gasteiger partial charge in [0.15, 0.2) is 0 Å². The van der Waals surface area contributed by atoms with Crippen LogP contribution in [0.15, 0.2) is 11.6 Å². The maximum absolute atomic E-state index is 11.2. The van der Waals surface area contributed by atoms with E-state index in [1.54, 1.807) is 5.57 Å². The zero-order valence-corrected chi connectivity index (χ0v) is 14.9. The maximum atomic E-state index is 11.2. The highest BCUT2D eigenvalue weighted by Crippen LogP contribution is 2.61. The van der Waals surface area contributed by atoms with Crippen LogP contribution >= 0.6 is 0 Å². The molecule has 1 saturated carbocycles. The van der Waals surface area contributed by atoms with Gasteiger partial charge in [0.05, 0.1) is 0 Å². The van der Waals surface area contributed by atoms with E-state index in [1.165, 1.54) is 25.7 Å². The predicted octanol–water partition coefficient (Wildman–Crippen LogP) is 4.76. The Kier molecular flexibility index (Phi) is 5.53. The van der Waals surface area contributed by atoms with Gasteiger partial charge in [-0.3, -0.25) is 0 Å². The van der Waals surface area contributed by atoms with E-state index in [1.807, 2.05) is 0 Å². The van der Waals surface area contributed by atoms with Gasteiger partial charge in [0, 0.05) is 12.5 Å². The second-order valence-corrected chi connectivity index (χ2v) is 8.33. The number of fused-ring (bicyclic) bond motifs is 1. The summed E-state index contributed by atoms with van der Waals surface area (Å²) in [5, 5.41) is 9.12. The highest BCUT2D eigenvalue weighted by molar-refractivity contribution is 5.53. The van der Waals surface area contributed by atoms with Gasteiger partial charge in [0.25, 0.3) is 0 Å². The van der Waals surface area contributed by atoms with Crippen molar-refractivity contribution >= 4 is 6.29 Å². The molecule has 0 aromatic carbocycles. The third kappa shape index (κ3) is 3.04. The van der Waals surface area contributed by atoms with Crippen LogP contribution in [0.2, 0.25) is 0 Å². The molecule has 0 radical (unpaired) electrons. The normalized spacial score (nSPS) is 39.8. The summed E-state index contributed by atoms with van der Waals surface area (Å²) in [6.45, 7) is 9.80. The van der Waals surface area contributed by atoms with E-state index in [9.17, 15) is 4.79 Å². The fourth-order valence-electron chi connectivity index (χ4n) is 5.27. The first-order valence-corrected chi connectivity index (χ1v) is 9.12. The maximum Gasteiger partial charge on any atom is 0.123 e. The van der Waals surface area contributed by atoms with Gasteiger partial charge >= 0.3 is 0 Å². The minimum atomic E-state index is 0.0300. The van der Waals surface area contributed by atoms with E-state index in [4.69, 9.17) is 5.11 Å². The van der Waals surface area contributed by atoms with E-state index < -0.39 is 0 Å². The highest BCUT2D eigenvalue weighted by Gasteiger charge is 2.52. The average Bonchev–Trinajstić information content (AvgIpc) is 2.50. The van der Waals surface area contributed by atoms with E-state index in [2.05, 4.69) is 33.8 Å². The summed E-state index contributed by atoms with van der Waals surface area (Å²) in [6, 6.07) is 0. The number of aldehydes is 1. The van der Waals surface area contributed by atoms with E-state index in [0.717, 1.165) is 31.0 Å². The molecule has 0 spiro atoms. The zero-order chi connectivity index (χ0) is 16.4. The molecule has 0 aliphatic heterocycles. The van der Waals surface area contributed by atoms with E-state index in [-0.39, 0.29) is 12.5 Å². The first-order chi connectivity index (χ1) is 10.4. The van der Waals surface area contributed by atoms with Gasteiger partial charge in [0.1, 0.15) is 6.29 Å². The van der Waals surface area contributed by atoms with Gasteiger partial charge in [-0.2, -0.15) is 0 Å². The molecule has 2 aliphatic carbocycles. The van der Waals surface area contributed by atoms with Crippen molar-refractivity contribution in [1.29, 1.82) is 0 Å². The SMILES string of the molecule is CC1=CCCC2C1(C)CCC(C)C2(C)CCC(C=O)CCO. The topological polar surface area (TPSA) is 37.3 Å². The second kappa shape index (κ2) is 6.86. The molecule has 5 atom stereocenters. The average molecular weight is 306 g/mol. The second-order valence-electron chi connectivity index (χ2n) is 8.33. The number of aliphatic hydroxyl groups excluding tert-OH is 1. The largest absolute Gasteiger partial charge is 0.396 e. The van der Waals surface area contributed by atoms with E-state index in [0.29, 0.717) is 17.3 Å². The lowest BCUT2D eigenvalue weighted by molar-refractivity contribution is -0.112. The fourth-order valence-corrected chi connectivity index (χ4v) is 5.27. The lowest BCUT2D eigenvalue weighted by Crippen LogP contribution is -2.49. The Bertz CT molecular complexity index is 427. The number of allylic oxidation sites excluding steroid dienone is 2. The molecule has 5 unspecified atom stereocenters. The lowest BCUT2D eigenvalue weighted by Gasteiger charge is -2.58. The van der Waals surface area contributed by atoms with Crippen molar-refractivity contribution in [3.63, 3.8) is 0 Å². The van der Waals surface area contributed by atoms with Crippen LogP contribution in [0, 0.1) is 28.6 Å². The van der Waals surface area contributed by atoms with Gasteiger partial charge in [-0.15, -0.1) is 0 Å². The standard InChI is InChI=1S/C20H34O2/c1-15-6-5-7-18-19(15,3)11-8-16(2)20(18,4)12-9-17(14-22)10-13-21/h6,14,16-18,21H,5,7-13H2,1-4H3. The molecule has 1 N–H and O–H groups in total. The number of carbonyl (C=O) groups is 1. The summed E-state index contributed by atoms with van der Waals surface area (Å²) in [6.07, 6.45) is 11.3. The lowest BCUT2D eigenvalue weighted by atomic mass is 9.47. The summed E-state index contributed by atoms with van der Waals surface area (Å²) >= 11 is 0. The summed E-state index contributed by atoms with van der Waals surface area (Å²) in [5.74, 6) is 1.48. The molecule has 2 aliphatic rings. The van der Waals surface area contributed by atoms with Crippen LogP contribution in [0.5, 0.6) is 0 Å². The summed E-state index contributed by atoms with van der Waals surface area (Å²) in [4.78, 5) is 11.2. The van der Waals surface area contributed by atoms with Crippen molar-refractivity contribution < 1.29 is 9.90 Å². The first kappa shape index (κ1) is 17.7. The fraction of sp³-hybridized carbons (Fsp3) is 0.850. The van der Waals surface area contributed by atoms with Gasteiger partial charge in [0.2, 0.25) is 0 Å². The monoisotopic (exact) mass is 306 g/mol. The zero-order valence-electron chi connectivity index (χ0n) is 14.9. The Balaban J connectivity index is 2.18. The Morgan fingerprint density at radius 1 is 1.36 bits per heavy atom. The molecule has 2 nitrogen and oxygen atoms in total. The van der Waals surface area contributed by atoms with Gasteiger partial charge in [-0.25, -0.2) is 0 Å². The predicted molar refractivity (Wildman–Crippen MR) is 91.6 cm³/mol. The summed E-state index contributed by atoms with van der Waals surface area (Å²) in [7, 11) is 0. The first-order valence-electron chi connectivity index (χ1n) is 9.12. The molecular weight excluding hydrogens is 272 g/mol. The smallest absolute Gasteiger partial charge is 0.123 e. The number of hydrogen-bond acceptors (Lipinski definition) is 2. The van der Waals surface area contributed by atoms with Gasteiger partial charge < -0.3 is 9.90 Å². The van der Waals surface area contributed by atoms with Crippen LogP contribution in [0.1, 0.15) is 72.6 Å². The molecule has 2 rings (SSSR count). The number of carbonyl (C=O) groups excluding carboxylic acids is 1. The Morgan fingerprint density at radius 2 is 2.09 bits per heavy atom. The minimum absolute atomic E-state index is 0.0300. The van der Waals surface area contributed by atoms with Crippen molar-refractivity contribution in [2.24, 2.45) is 28.6 Å². The van der Waals surface area contributed by atoms with Crippen LogP contribution in [-0.4, -0.2) is 18.0 Å². The van der Waals surface area contributed by atoms with Crippen LogP contribution in [-0.2, 0) is 4.79 Å². The number of aliphatic hydroxyl groups is 1. The third-order valence-corrected chi connectivity index (χ3v) is 7.34. The Hall–Kier alpha value is -0.630. The minimum Gasteiger partial charge on any atom is -0.396 e. The molecule has 126 valence electrons. The van der Waals surface area contributed by atoms with Crippen LogP contribution in [0.4, 0.5) is 0 Å².